The Bertz CT molecular complexity index is 91.4. The molecule has 0 heterocycles. The fourth-order valence-electron chi connectivity index (χ4n) is 0.324. The molecule has 0 aliphatic heterocycles. The van der Waals surface area contributed by atoms with Gasteiger partial charge < -0.3 is 9.84 Å². The summed E-state index contributed by atoms with van der Waals surface area (Å²) < 4.78 is 38.7. The highest BCUT2D eigenvalue weighted by Gasteiger charge is 2.37. The monoisotopic (exact) mass is 158 g/mol. The SMILES string of the molecule is CCOC[C@@H](O)C(F)(F)F. The number of aliphatic hydroxyl groups excluding tert-OH is 1. The van der Waals surface area contributed by atoms with Crippen molar-refractivity contribution in [3.8, 4) is 0 Å². The van der Waals surface area contributed by atoms with E-state index in [1.165, 1.54) is 0 Å². The van der Waals surface area contributed by atoms with Crippen LogP contribution in [0.3, 0.4) is 0 Å². The number of alkyl halides is 3. The molecule has 0 rings (SSSR count). The molecule has 0 unspecified atom stereocenters. The minimum Gasteiger partial charge on any atom is -0.382 e. The van der Waals surface area contributed by atoms with E-state index in [9.17, 15) is 13.2 Å². The van der Waals surface area contributed by atoms with Crippen molar-refractivity contribution in [2.24, 2.45) is 0 Å². The van der Waals surface area contributed by atoms with Gasteiger partial charge in [0.1, 0.15) is 0 Å². The molecule has 0 aliphatic carbocycles. The molecule has 0 aromatic heterocycles. The molecule has 0 saturated heterocycles. The average molecular weight is 158 g/mol. The number of hydrogen-bond donors (Lipinski definition) is 1. The molecule has 0 bridgehead atoms. The normalized spacial score (nSPS) is 15.3. The molecular weight excluding hydrogens is 149 g/mol. The quantitative estimate of drug-likeness (QED) is 0.662. The summed E-state index contributed by atoms with van der Waals surface area (Å²) in [6.45, 7) is 1.05. The van der Waals surface area contributed by atoms with E-state index < -0.39 is 18.9 Å². The highest BCUT2D eigenvalue weighted by Crippen LogP contribution is 2.19. The van der Waals surface area contributed by atoms with Crippen LogP contribution >= 0.6 is 0 Å². The third-order valence-electron chi connectivity index (χ3n) is 0.858. The van der Waals surface area contributed by atoms with E-state index in [1.54, 1.807) is 6.92 Å². The van der Waals surface area contributed by atoms with E-state index in [-0.39, 0.29) is 6.61 Å². The molecule has 62 valence electrons. The lowest BCUT2D eigenvalue weighted by Gasteiger charge is -2.13. The van der Waals surface area contributed by atoms with Crippen molar-refractivity contribution in [3.05, 3.63) is 0 Å². The van der Waals surface area contributed by atoms with Gasteiger partial charge in [-0.15, -0.1) is 0 Å². The Morgan fingerprint density at radius 3 is 2.30 bits per heavy atom. The van der Waals surface area contributed by atoms with Gasteiger partial charge in [-0.25, -0.2) is 0 Å². The Labute approximate surface area is 56.6 Å². The lowest BCUT2D eigenvalue weighted by atomic mass is 10.4. The van der Waals surface area contributed by atoms with Crippen LogP contribution < -0.4 is 0 Å². The topological polar surface area (TPSA) is 29.5 Å². The molecule has 0 radical (unpaired) electrons. The Morgan fingerprint density at radius 2 is 2.00 bits per heavy atom. The van der Waals surface area contributed by atoms with Gasteiger partial charge in [-0.05, 0) is 6.92 Å². The summed E-state index contributed by atoms with van der Waals surface area (Å²) in [5, 5.41) is 8.27. The van der Waals surface area contributed by atoms with E-state index in [2.05, 4.69) is 4.74 Å². The Hall–Kier alpha value is -0.290. The second-order valence-corrected chi connectivity index (χ2v) is 1.72. The summed E-state index contributed by atoms with van der Waals surface area (Å²) in [7, 11) is 0. The first-order valence-corrected chi connectivity index (χ1v) is 2.81. The number of aliphatic hydroxyl groups is 1. The first-order chi connectivity index (χ1) is 4.48. The molecule has 0 aliphatic rings. The van der Waals surface area contributed by atoms with Crippen LogP contribution in [0.2, 0.25) is 0 Å². The first kappa shape index (κ1) is 9.71. The van der Waals surface area contributed by atoms with E-state index in [0.717, 1.165) is 0 Å². The van der Waals surface area contributed by atoms with E-state index in [0.29, 0.717) is 0 Å². The maximum absolute atomic E-state index is 11.4. The summed E-state index contributed by atoms with van der Waals surface area (Å²) in [5.41, 5.74) is 0. The van der Waals surface area contributed by atoms with E-state index in [4.69, 9.17) is 5.11 Å². The standard InChI is InChI=1S/C5H9F3O2/c1-2-10-3-4(9)5(6,7)8/h4,9H,2-3H2,1H3/t4-/m1/s1. The lowest BCUT2D eigenvalue weighted by molar-refractivity contribution is -0.216. The zero-order chi connectivity index (χ0) is 8.20. The zero-order valence-electron chi connectivity index (χ0n) is 5.48. The van der Waals surface area contributed by atoms with Gasteiger partial charge >= 0.3 is 6.18 Å². The largest absolute Gasteiger partial charge is 0.416 e. The van der Waals surface area contributed by atoms with Gasteiger partial charge in [-0.3, -0.25) is 0 Å². The molecule has 1 atom stereocenters. The Balaban J connectivity index is 3.52. The third-order valence-corrected chi connectivity index (χ3v) is 0.858. The third kappa shape index (κ3) is 3.68. The van der Waals surface area contributed by atoms with Gasteiger partial charge in [-0.2, -0.15) is 13.2 Å². The van der Waals surface area contributed by atoms with Crippen LogP contribution in [0.4, 0.5) is 13.2 Å². The molecule has 5 heteroatoms. The number of rotatable bonds is 3. The highest BCUT2D eigenvalue weighted by molar-refractivity contribution is 4.62. The predicted molar refractivity (Wildman–Crippen MR) is 28.6 cm³/mol. The average Bonchev–Trinajstić information content (AvgIpc) is 1.80. The van der Waals surface area contributed by atoms with Gasteiger partial charge in [0.25, 0.3) is 0 Å². The van der Waals surface area contributed by atoms with Crippen molar-refractivity contribution >= 4 is 0 Å². The fraction of sp³-hybridized carbons (Fsp3) is 1.00. The molecule has 0 fully saturated rings. The van der Waals surface area contributed by atoms with Crippen molar-refractivity contribution in [1.29, 1.82) is 0 Å². The minimum atomic E-state index is -4.56. The minimum absolute atomic E-state index is 0.174. The van der Waals surface area contributed by atoms with Crippen molar-refractivity contribution in [3.63, 3.8) is 0 Å². The van der Waals surface area contributed by atoms with Crippen molar-refractivity contribution in [2.45, 2.75) is 19.2 Å². The van der Waals surface area contributed by atoms with Gasteiger partial charge in [0, 0.05) is 6.61 Å². The Morgan fingerprint density at radius 1 is 1.50 bits per heavy atom. The van der Waals surface area contributed by atoms with Gasteiger partial charge in [-0.1, -0.05) is 0 Å². The summed E-state index contributed by atoms with van der Waals surface area (Å²) in [6, 6.07) is 0. The van der Waals surface area contributed by atoms with Gasteiger partial charge in [0.05, 0.1) is 6.61 Å². The molecule has 0 aromatic rings. The van der Waals surface area contributed by atoms with Crippen molar-refractivity contribution in [1.82, 2.24) is 0 Å². The summed E-state index contributed by atoms with van der Waals surface area (Å²) in [4.78, 5) is 0. The molecule has 0 amide bonds. The van der Waals surface area contributed by atoms with Gasteiger partial charge in [0.15, 0.2) is 6.10 Å². The second-order valence-electron chi connectivity index (χ2n) is 1.72. The van der Waals surface area contributed by atoms with Crippen LogP contribution in [0.15, 0.2) is 0 Å². The molecule has 1 N–H and O–H groups in total. The van der Waals surface area contributed by atoms with Crippen molar-refractivity contribution < 1.29 is 23.0 Å². The maximum Gasteiger partial charge on any atom is 0.416 e. The summed E-state index contributed by atoms with van der Waals surface area (Å²) in [6.07, 6.45) is -6.91. The summed E-state index contributed by atoms with van der Waals surface area (Å²) >= 11 is 0. The predicted octanol–water partition coefficient (Wildman–Crippen LogP) is 0.946. The molecule has 0 aromatic carbocycles. The molecule has 0 spiro atoms. The molecule has 10 heavy (non-hydrogen) atoms. The molecular formula is C5H9F3O2. The Kier molecular flexibility index (Phi) is 3.67. The molecule has 2 nitrogen and oxygen atoms in total. The van der Waals surface area contributed by atoms with Crippen LogP contribution in [0.25, 0.3) is 0 Å². The van der Waals surface area contributed by atoms with Crippen LogP contribution in [-0.4, -0.2) is 30.6 Å². The first-order valence-electron chi connectivity index (χ1n) is 2.81. The maximum atomic E-state index is 11.4. The highest BCUT2D eigenvalue weighted by atomic mass is 19.4. The summed E-state index contributed by atoms with van der Waals surface area (Å²) in [5.74, 6) is 0. The van der Waals surface area contributed by atoms with Crippen LogP contribution in [0.5, 0.6) is 0 Å². The second kappa shape index (κ2) is 3.78. The lowest BCUT2D eigenvalue weighted by Crippen LogP contribution is -2.32. The fourth-order valence-corrected chi connectivity index (χ4v) is 0.324. The molecule has 0 saturated carbocycles. The van der Waals surface area contributed by atoms with Crippen molar-refractivity contribution in [2.75, 3.05) is 13.2 Å². The van der Waals surface area contributed by atoms with E-state index in [1.807, 2.05) is 0 Å². The van der Waals surface area contributed by atoms with Crippen LogP contribution in [0, 0.1) is 0 Å². The number of hydrogen-bond acceptors (Lipinski definition) is 2. The van der Waals surface area contributed by atoms with Gasteiger partial charge in [0.2, 0.25) is 0 Å². The number of halogens is 3. The van der Waals surface area contributed by atoms with E-state index >= 15 is 0 Å². The zero-order valence-corrected chi connectivity index (χ0v) is 5.48. The van der Waals surface area contributed by atoms with Crippen LogP contribution in [0.1, 0.15) is 6.92 Å². The number of ether oxygens (including phenoxy) is 1. The van der Waals surface area contributed by atoms with Crippen LogP contribution in [-0.2, 0) is 4.74 Å². The smallest absolute Gasteiger partial charge is 0.382 e.